The average Bonchev–Trinajstić information content (AvgIpc) is 2.85. The molecule has 0 bridgehead atoms. The Hall–Kier alpha value is -3.59. The molecule has 2 fully saturated rings. The summed E-state index contributed by atoms with van der Waals surface area (Å²) in [4.78, 5) is 54.7. The van der Waals surface area contributed by atoms with Crippen LogP contribution < -0.4 is 5.32 Å². The molecule has 0 aromatic heterocycles. The van der Waals surface area contributed by atoms with Crippen LogP contribution in [0.15, 0.2) is 54.6 Å². The first-order valence-corrected chi connectivity index (χ1v) is 12.0. The van der Waals surface area contributed by atoms with Crippen molar-refractivity contribution in [3.8, 4) is 0 Å². The number of nitrogens with zero attached hydrogens (tertiary/aromatic N) is 2. The number of nitrogens with one attached hydrogen (secondary N) is 1. The molecule has 2 aromatic rings. The molecule has 8 nitrogen and oxygen atoms in total. The van der Waals surface area contributed by atoms with Gasteiger partial charge in [0.05, 0.1) is 19.0 Å². The standard InChI is InChI=1S/C27H30FN3O5/c1-16(18-6-4-3-5-7-18)20-12-21-25(27(36)29-14-17-8-10-19(28)11-9-17)30(2)15-23(32)31(21)22(26(20)35)13-24(33)34/h3-11,16,20-22,25H,12-15H2,1-2H3,(H,29,36)(H,33,34)/t16-,20?,21-,22+,25?/m1/s1. The summed E-state index contributed by atoms with van der Waals surface area (Å²) < 4.78 is 13.2. The van der Waals surface area contributed by atoms with Crippen LogP contribution in [-0.2, 0) is 25.7 Å². The SMILES string of the molecule is C[C@H](c1ccccc1)C1C[C@@H]2C(C(=O)NCc3ccc(F)cc3)N(C)CC(=O)N2[C@@H](CC(=O)O)C1=O. The zero-order valence-electron chi connectivity index (χ0n) is 20.3. The van der Waals surface area contributed by atoms with Crippen LogP contribution in [0.4, 0.5) is 4.39 Å². The van der Waals surface area contributed by atoms with Gasteiger partial charge in [-0.25, -0.2) is 4.39 Å². The quantitative estimate of drug-likeness (QED) is 0.610. The Bertz CT molecular complexity index is 1140. The molecular formula is C27H30FN3O5. The molecule has 0 saturated carbocycles. The normalized spacial score (nSPS) is 25.2. The number of likely N-dealkylation sites (N-methyl/N-ethyl adjacent to an activating group) is 1. The maximum absolute atomic E-state index is 13.6. The lowest BCUT2D eigenvalue weighted by Gasteiger charge is -2.52. The van der Waals surface area contributed by atoms with Gasteiger partial charge >= 0.3 is 5.97 Å². The molecule has 2 saturated heterocycles. The van der Waals surface area contributed by atoms with Gasteiger partial charge in [-0.2, -0.15) is 0 Å². The number of carboxylic acids is 1. The largest absolute Gasteiger partial charge is 0.481 e. The molecule has 9 heteroatoms. The second kappa shape index (κ2) is 10.6. The van der Waals surface area contributed by atoms with E-state index in [1.165, 1.54) is 17.0 Å². The van der Waals surface area contributed by atoms with Crippen molar-refractivity contribution in [1.29, 1.82) is 0 Å². The van der Waals surface area contributed by atoms with E-state index in [-0.39, 0.29) is 48.8 Å². The maximum Gasteiger partial charge on any atom is 0.305 e. The van der Waals surface area contributed by atoms with Crippen LogP contribution >= 0.6 is 0 Å². The molecule has 5 atom stereocenters. The van der Waals surface area contributed by atoms with Crippen LogP contribution in [0, 0.1) is 11.7 Å². The van der Waals surface area contributed by atoms with Crippen molar-refractivity contribution < 1.29 is 28.7 Å². The molecule has 2 amide bonds. The second-order valence-electron chi connectivity index (χ2n) is 9.63. The highest BCUT2D eigenvalue weighted by molar-refractivity contribution is 5.97. The fourth-order valence-electron chi connectivity index (χ4n) is 5.51. The van der Waals surface area contributed by atoms with Crippen molar-refractivity contribution in [1.82, 2.24) is 15.1 Å². The summed E-state index contributed by atoms with van der Waals surface area (Å²) in [7, 11) is 1.68. The van der Waals surface area contributed by atoms with E-state index in [2.05, 4.69) is 5.32 Å². The molecule has 2 heterocycles. The molecule has 0 spiro atoms. The van der Waals surface area contributed by atoms with E-state index in [9.17, 15) is 28.7 Å². The number of benzene rings is 2. The Labute approximate surface area is 209 Å². The van der Waals surface area contributed by atoms with Crippen LogP contribution in [0.3, 0.4) is 0 Å². The molecule has 2 N–H and O–H groups in total. The first-order chi connectivity index (χ1) is 17.2. The van der Waals surface area contributed by atoms with E-state index < -0.39 is 36.4 Å². The summed E-state index contributed by atoms with van der Waals surface area (Å²) in [6.45, 7) is 1.99. The van der Waals surface area contributed by atoms with Gasteiger partial charge in [0, 0.05) is 12.5 Å². The third kappa shape index (κ3) is 5.16. The number of carbonyl (C=O) groups is 4. The van der Waals surface area contributed by atoms with E-state index in [0.717, 1.165) is 5.56 Å². The van der Waals surface area contributed by atoms with Crippen LogP contribution in [-0.4, -0.2) is 70.2 Å². The molecular weight excluding hydrogens is 465 g/mol. The lowest BCUT2D eigenvalue weighted by molar-refractivity contribution is -0.164. The Morgan fingerprint density at radius 1 is 1.11 bits per heavy atom. The van der Waals surface area contributed by atoms with Crippen molar-refractivity contribution in [3.63, 3.8) is 0 Å². The van der Waals surface area contributed by atoms with Gasteiger partial charge in [0.25, 0.3) is 0 Å². The highest BCUT2D eigenvalue weighted by atomic mass is 19.1. The smallest absolute Gasteiger partial charge is 0.305 e. The molecule has 2 aliphatic heterocycles. The van der Waals surface area contributed by atoms with E-state index >= 15 is 0 Å². The number of fused-ring (bicyclic) bond motifs is 1. The highest BCUT2D eigenvalue weighted by Crippen LogP contribution is 2.39. The number of piperidine rings is 1. The van der Waals surface area contributed by atoms with Crippen molar-refractivity contribution >= 4 is 23.6 Å². The summed E-state index contributed by atoms with van der Waals surface area (Å²) in [5, 5.41) is 12.4. The number of halogens is 1. The van der Waals surface area contributed by atoms with Gasteiger partial charge in [0.2, 0.25) is 11.8 Å². The second-order valence-corrected chi connectivity index (χ2v) is 9.63. The minimum atomic E-state index is -1.18. The van der Waals surface area contributed by atoms with Gasteiger partial charge < -0.3 is 15.3 Å². The van der Waals surface area contributed by atoms with E-state index in [4.69, 9.17) is 0 Å². The maximum atomic E-state index is 13.6. The number of rotatable bonds is 7. The molecule has 0 radical (unpaired) electrons. The number of Topliss-reactive ketones (excluding diaryl/α,β-unsaturated/α-hetero) is 1. The fourth-order valence-corrected chi connectivity index (χ4v) is 5.51. The number of piperazine rings is 1. The fraction of sp³-hybridized carbons (Fsp3) is 0.407. The predicted molar refractivity (Wildman–Crippen MR) is 129 cm³/mol. The topological polar surface area (TPSA) is 107 Å². The number of carboxylic acid groups (broad SMARTS) is 1. The Kier molecular flexibility index (Phi) is 7.49. The Morgan fingerprint density at radius 3 is 2.42 bits per heavy atom. The summed E-state index contributed by atoms with van der Waals surface area (Å²) >= 11 is 0. The lowest BCUT2D eigenvalue weighted by Crippen LogP contribution is -2.71. The lowest BCUT2D eigenvalue weighted by atomic mass is 9.72. The molecule has 0 aliphatic carbocycles. The average molecular weight is 496 g/mol. The summed E-state index contributed by atoms with van der Waals surface area (Å²) in [5.74, 6) is -3.31. The highest BCUT2D eigenvalue weighted by Gasteiger charge is 2.53. The van der Waals surface area contributed by atoms with Gasteiger partial charge in [-0.15, -0.1) is 0 Å². The van der Waals surface area contributed by atoms with Gasteiger partial charge in [-0.05, 0) is 42.6 Å². The zero-order valence-corrected chi connectivity index (χ0v) is 20.3. The minimum absolute atomic E-state index is 0.104. The van der Waals surface area contributed by atoms with Gasteiger partial charge in [0.15, 0.2) is 5.78 Å². The van der Waals surface area contributed by atoms with Crippen LogP contribution in [0.5, 0.6) is 0 Å². The molecule has 4 rings (SSSR count). The minimum Gasteiger partial charge on any atom is -0.481 e. The summed E-state index contributed by atoms with van der Waals surface area (Å²) in [5.41, 5.74) is 1.65. The number of ketones is 1. The van der Waals surface area contributed by atoms with Crippen molar-refractivity contribution in [2.24, 2.45) is 5.92 Å². The van der Waals surface area contributed by atoms with Crippen LogP contribution in [0.2, 0.25) is 0 Å². The van der Waals surface area contributed by atoms with Gasteiger partial charge in [-0.3, -0.25) is 24.1 Å². The third-order valence-corrected chi connectivity index (χ3v) is 7.34. The van der Waals surface area contributed by atoms with Crippen LogP contribution in [0.1, 0.15) is 36.8 Å². The van der Waals surface area contributed by atoms with E-state index in [1.807, 2.05) is 37.3 Å². The molecule has 190 valence electrons. The van der Waals surface area contributed by atoms with E-state index in [1.54, 1.807) is 24.1 Å². The number of amides is 2. The third-order valence-electron chi connectivity index (χ3n) is 7.34. The van der Waals surface area contributed by atoms with Crippen molar-refractivity contribution in [3.05, 3.63) is 71.5 Å². The first kappa shape index (κ1) is 25.5. The van der Waals surface area contributed by atoms with Gasteiger partial charge in [0.1, 0.15) is 17.9 Å². The summed E-state index contributed by atoms with van der Waals surface area (Å²) in [6, 6.07) is 12.7. The zero-order chi connectivity index (χ0) is 26.0. The summed E-state index contributed by atoms with van der Waals surface area (Å²) in [6.07, 6.45) is -0.261. The number of aliphatic carboxylic acids is 1. The van der Waals surface area contributed by atoms with Crippen molar-refractivity contribution in [2.75, 3.05) is 13.6 Å². The molecule has 2 unspecified atom stereocenters. The Balaban J connectivity index is 1.64. The molecule has 2 aliphatic rings. The van der Waals surface area contributed by atoms with Crippen LogP contribution in [0.25, 0.3) is 0 Å². The van der Waals surface area contributed by atoms with Crippen molar-refractivity contribution in [2.45, 2.75) is 50.4 Å². The number of hydrogen-bond donors (Lipinski definition) is 2. The molecule has 36 heavy (non-hydrogen) atoms. The first-order valence-electron chi connectivity index (χ1n) is 12.0. The Morgan fingerprint density at radius 2 is 1.78 bits per heavy atom. The van der Waals surface area contributed by atoms with Gasteiger partial charge in [-0.1, -0.05) is 49.4 Å². The predicted octanol–water partition coefficient (Wildman–Crippen LogP) is 2.19. The van der Waals surface area contributed by atoms with E-state index in [0.29, 0.717) is 5.56 Å². The number of carbonyl (C=O) groups excluding carboxylic acids is 3. The number of hydrogen-bond acceptors (Lipinski definition) is 5. The monoisotopic (exact) mass is 495 g/mol. The molecule has 2 aromatic carbocycles.